The van der Waals surface area contributed by atoms with Crippen LogP contribution in [0, 0.1) is 6.92 Å². The fraction of sp³-hybridized carbons (Fsp3) is 0.143. The number of benzene rings is 3. The molecule has 0 spiro atoms. The van der Waals surface area contributed by atoms with Crippen molar-refractivity contribution in [1.82, 2.24) is 24.1 Å². The molecule has 176 valence electrons. The van der Waals surface area contributed by atoms with E-state index in [1.54, 1.807) is 10.9 Å². The van der Waals surface area contributed by atoms with Crippen molar-refractivity contribution in [3.8, 4) is 11.5 Å². The number of ether oxygens (including phenoxy) is 2. The maximum Gasteiger partial charge on any atom is 0.265 e. The summed E-state index contributed by atoms with van der Waals surface area (Å²) in [4.78, 5) is 28.3. The Morgan fingerprint density at radius 1 is 0.833 bits per heavy atom. The van der Waals surface area contributed by atoms with Crippen LogP contribution >= 0.6 is 0 Å². The molecule has 0 unspecified atom stereocenters. The van der Waals surface area contributed by atoms with Crippen molar-refractivity contribution in [2.24, 2.45) is 0 Å². The molecule has 1 aliphatic heterocycles. The van der Waals surface area contributed by atoms with Crippen molar-refractivity contribution in [1.29, 1.82) is 0 Å². The summed E-state index contributed by atoms with van der Waals surface area (Å²) in [6, 6.07) is 21.7. The first kappa shape index (κ1) is 20.6. The van der Waals surface area contributed by atoms with Gasteiger partial charge in [0.1, 0.15) is 17.2 Å². The average molecular weight is 476 g/mol. The van der Waals surface area contributed by atoms with Crippen LogP contribution in [0.3, 0.4) is 0 Å². The lowest BCUT2D eigenvalue weighted by molar-refractivity contribution is 0.174. The van der Waals surface area contributed by atoms with Crippen LogP contribution in [0.25, 0.3) is 33.2 Å². The molecular formula is C28H21N5O3. The fourth-order valence-corrected chi connectivity index (χ4v) is 4.71. The second kappa shape index (κ2) is 7.91. The van der Waals surface area contributed by atoms with E-state index in [0.29, 0.717) is 41.0 Å². The van der Waals surface area contributed by atoms with Crippen LogP contribution in [0.4, 0.5) is 0 Å². The molecule has 0 fully saturated rings. The van der Waals surface area contributed by atoms with Crippen LogP contribution < -0.4 is 15.0 Å². The Hall–Kier alpha value is -4.72. The zero-order chi connectivity index (χ0) is 24.2. The Labute approximate surface area is 205 Å². The number of fused-ring (bicyclic) bond motifs is 5. The smallest absolute Gasteiger partial charge is 0.265 e. The lowest BCUT2D eigenvalue weighted by Crippen LogP contribution is -2.21. The van der Waals surface area contributed by atoms with Gasteiger partial charge >= 0.3 is 0 Å². The van der Waals surface area contributed by atoms with Gasteiger partial charge in [-0.25, -0.2) is 15.0 Å². The molecule has 6 aromatic rings. The number of rotatable bonds is 4. The molecule has 0 saturated heterocycles. The van der Waals surface area contributed by atoms with Gasteiger partial charge in [-0.3, -0.25) is 9.36 Å². The molecule has 0 amide bonds. The summed E-state index contributed by atoms with van der Waals surface area (Å²) < 4.78 is 14.6. The second-order valence-electron chi connectivity index (χ2n) is 9.02. The normalized spacial score (nSPS) is 12.7. The molecule has 1 aliphatic rings. The average Bonchev–Trinajstić information content (AvgIpc) is 3.48. The van der Waals surface area contributed by atoms with Crippen LogP contribution in [0.1, 0.15) is 16.7 Å². The second-order valence-corrected chi connectivity index (χ2v) is 9.02. The van der Waals surface area contributed by atoms with Gasteiger partial charge in [-0.15, -0.1) is 0 Å². The number of aryl methyl sites for hydroxylation is 1. The number of hydrogen-bond donors (Lipinski definition) is 0. The summed E-state index contributed by atoms with van der Waals surface area (Å²) in [5.74, 6) is 1.43. The standard InChI is InChI=1S/C28H21N5O3/c1-17-6-8-18(9-7-17)13-32-15-29-26-24(28(32)34)25-27(31-21-5-3-2-4-20(21)30-25)33(26)14-19-10-11-22-23(12-19)36-16-35-22/h2-12,15H,13-14,16H2,1H3. The van der Waals surface area contributed by atoms with Crippen LogP contribution in [0.5, 0.6) is 11.5 Å². The van der Waals surface area contributed by atoms with Gasteiger partial charge in [0.25, 0.3) is 5.56 Å². The Kier molecular flexibility index (Phi) is 4.54. The minimum Gasteiger partial charge on any atom is -0.454 e. The third kappa shape index (κ3) is 3.30. The van der Waals surface area contributed by atoms with Crippen molar-refractivity contribution < 1.29 is 9.47 Å². The minimum absolute atomic E-state index is 0.139. The van der Waals surface area contributed by atoms with Gasteiger partial charge in [0.15, 0.2) is 22.8 Å². The zero-order valence-electron chi connectivity index (χ0n) is 19.5. The van der Waals surface area contributed by atoms with Crippen molar-refractivity contribution >= 4 is 33.2 Å². The van der Waals surface area contributed by atoms with E-state index in [1.165, 1.54) is 5.56 Å². The van der Waals surface area contributed by atoms with Gasteiger partial charge < -0.3 is 14.0 Å². The van der Waals surface area contributed by atoms with E-state index in [2.05, 4.69) is 0 Å². The molecule has 36 heavy (non-hydrogen) atoms. The minimum atomic E-state index is -0.139. The van der Waals surface area contributed by atoms with Crippen LogP contribution in [-0.2, 0) is 13.1 Å². The summed E-state index contributed by atoms with van der Waals surface area (Å²) in [6.45, 7) is 3.14. The molecule has 3 aromatic carbocycles. The number of aromatic nitrogens is 5. The largest absolute Gasteiger partial charge is 0.454 e. The Bertz CT molecular complexity index is 1850. The molecule has 0 aliphatic carbocycles. The highest BCUT2D eigenvalue weighted by molar-refractivity contribution is 6.04. The number of hydrogen-bond acceptors (Lipinski definition) is 6. The molecule has 0 bridgehead atoms. The van der Waals surface area contributed by atoms with Gasteiger partial charge in [-0.05, 0) is 42.3 Å². The molecule has 4 heterocycles. The highest BCUT2D eigenvalue weighted by atomic mass is 16.7. The van der Waals surface area contributed by atoms with Crippen LogP contribution in [0.15, 0.2) is 77.9 Å². The first-order chi connectivity index (χ1) is 17.6. The van der Waals surface area contributed by atoms with E-state index in [4.69, 9.17) is 24.4 Å². The molecule has 0 saturated carbocycles. The fourth-order valence-electron chi connectivity index (χ4n) is 4.71. The SMILES string of the molecule is Cc1ccc(Cn2cnc3c(c2=O)c2nc4ccccc4nc2n3Cc2ccc3c(c2)OCO3)cc1. The Balaban J connectivity index is 1.44. The molecule has 0 N–H and O–H groups in total. The van der Waals surface area contributed by atoms with E-state index in [1.807, 2.05) is 78.2 Å². The molecule has 3 aromatic heterocycles. The van der Waals surface area contributed by atoms with Gasteiger partial charge in [0.05, 0.1) is 24.1 Å². The molecule has 8 nitrogen and oxygen atoms in total. The van der Waals surface area contributed by atoms with Crippen LogP contribution in [0.2, 0.25) is 0 Å². The van der Waals surface area contributed by atoms with Gasteiger partial charge in [-0.1, -0.05) is 48.0 Å². The topological polar surface area (TPSA) is 84.1 Å². The monoisotopic (exact) mass is 475 g/mol. The maximum atomic E-state index is 13.8. The quantitative estimate of drug-likeness (QED) is 0.375. The molecule has 8 heteroatoms. The summed E-state index contributed by atoms with van der Waals surface area (Å²) in [5, 5.41) is 0.471. The van der Waals surface area contributed by atoms with E-state index >= 15 is 0 Å². The maximum absolute atomic E-state index is 13.8. The Morgan fingerprint density at radius 2 is 1.58 bits per heavy atom. The lowest BCUT2D eigenvalue weighted by atomic mass is 10.1. The van der Waals surface area contributed by atoms with Gasteiger partial charge in [0.2, 0.25) is 6.79 Å². The lowest BCUT2D eigenvalue weighted by Gasteiger charge is -2.09. The highest BCUT2D eigenvalue weighted by Gasteiger charge is 2.21. The van der Waals surface area contributed by atoms with E-state index in [-0.39, 0.29) is 12.4 Å². The third-order valence-corrected chi connectivity index (χ3v) is 6.57. The number of nitrogens with zero attached hydrogens (tertiary/aromatic N) is 5. The van der Waals surface area contributed by atoms with Gasteiger partial charge in [0, 0.05) is 0 Å². The Morgan fingerprint density at radius 3 is 2.42 bits per heavy atom. The molecule has 7 rings (SSSR count). The summed E-state index contributed by atoms with van der Waals surface area (Å²) >= 11 is 0. The van der Waals surface area contributed by atoms with E-state index in [0.717, 1.165) is 27.9 Å². The molecular weight excluding hydrogens is 454 g/mol. The van der Waals surface area contributed by atoms with Crippen LogP contribution in [-0.4, -0.2) is 30.9 Å². The van der Waals surface area contributed by atoms with E-state index < -0.39 is 0 Å². The van der Waals surface area contributed by atoms with Crippen molar-refractivity contribution in [2.45, 2.75) is 20.0 Å². The summed E-state index contributed by atoms with van der Waals surface area (Å²) in [5.41, 5.74) is 6.29. The first-order valence-electron chi connectivity index (χ1n) is 11.7. The number of para-hydroxylation sites is 2. The summed E-state index contributed by atoms with van der Waals surface area (Å²) in [7, 11) is 0. The van der Waals surface area contributed by atoms with Gasteiger partial charge in [-0.2, -0.15) is 0 Å². The predicted octanol–water partition coefficient (Wildman–Crippen LogP) is 4.43. The zero-order valence-corrected chi connectivity index (χ0v) is 19.5. The predicted molar refractivity (Wildman–Crippen MR) is 137 cm³/mol. The van der Waals surface area contributed by atoms with Crippen molar-refractivity contribution in [3.63, 3.8) is 0 Å². The first-order valence-corrected chi connectivity index (χ1v) is 11.7. The third-order valence-electron chi connectivity index (χ3n) is 6.57. The van der Waals surface area contributed by atoms with Crippen molar-refractivity contribution in [2.75, 3.05) is 6.79 Å². The van der Waals surface area contributed by atoms with Crippen molar-refractivity contribution in [3.05, 3.63) is 100 Å². The molecule has 0 radical (unpaired) electrons. The van der Waals surface area contributed by atoms with E-state index in [9.17, 15) is 4.79 Å². The summed E-state index contributed by atoms with van der Waals surface area (Å²) in [6.07, 6.45) is 1.61. The highest BCUT2D eigenvalue weighted by Crippen LogP contribution is 2.33. The molecule has 0 atom stereocenters.